The Bertz CT molecular complexity index is 1080. The van der Waals surface area contributed by atoms with Gasteiger partial charge >= 0.3 is 5.97 Å². The summed E-state index contributed by atoms with van der Waals surface area (Å²) in [5, 5.41) is 2.80. The predicted octanol–water partition coefficient (Wildman–Crippen LogP) is 4.82. The van der Waals surface area contributed by atoms with Crippen molar-refractivity contribution in [1.82, 2.24) is 5.32 Å². The predicted molar refractivity (Wildman–Crippen MR) is 126 cm³/mol. The lowest BCUT2D eigenvalue weighted by molar-refractivity contribution is -0.143. The van der Waals surface area contributed by atoms with Crippen LogP contribution in [-0.4, -0.2) is 25.5 Å². The quantitative estimate of drug-likeness (QED) is 0.393. The molecule has 32 heavy (non-hydrogen) atoms. The summed E-state index contributed by atoms with van der Waals surface area (Å²) in [6, 6.07) is 26.2. The molecule has 0 bridgehead atoms. The average Bonchev–Trinajstić information content (AvgIpc) is 2.85. The molecule has 0 saturated heterocycles. The van der Waals surface area contributed by atoms with E-state index in [4.69, 9.17) is 9.47 Å². The fourth-order valence-corrected chi connectivity index (χ4v) is 3.04. The molecule has 162 valence electrons. The standard InChI is InChI=1S/C27H25NO4/c1-31-24-15-9-8-14-23(24)25(32-27(30)19-17-22-12-6-3-7-13-22)20-28-26(29)18-16-21-10-4-2-5-11-21/h2-19,25H,20H2,1H3,(H,28,29)/b18-16+,19-17+/t25-/m1/s1. The molecule has 3 rings (SSSR count). The van der Waals surface area contributed by atoms with E-state index in [1.54, 1.807) is 25.3 Å². The molecule has 0 aliphatic heterocycles. The zero-order valence-electron chi connectivity index (χ0n) is 17.8. The lowest BCUT2D eigenvalue weighted by atomic mass is 10.1. The number of benzene rings is 3. The number of amides is 1. The van der Waals surface area contributed by atoms with Gasteiger partial charge in [0.15, 0.2) is 0 Å². The van der Waals surface area contributed by atoms with Gasteiger partial charge in [0.1, 0.15) is 11.9 Å². The van der Waals surface area contributed by atoms with Crippen LogP contribution in [0.1, 0.15) is 22.8 Å². The van der Waals surface area contributed by atoms with Gasteiger partial charge in [-0.25, -0.2) is 4.79 Å². The van der Waals surface area contributed by atoms with Crippen molar-refractivity contribution in [3.8, 4) is 5.75 Å². The SMILES string of the molecule is COc1ccccc1[C@@H](CNC(=O)/C=C/c1ccccc1)OC(=O)/C=C/c1ccccc1. The second-order valence-corrected chi connectivity index (χ2v) is 6.90. The van der Waals surface area contributed by atoms with E-state index in [9.17, 15) is 9.59 Å². The summed E-state index contributed by atoms with van der Waals surface area (Å²) in [6.45, 7) is 0.100. The summed E-state index contributed by atoms with van der Waals surface area (Å²) in [4.78, 5) is 24.8. The second-order valence-electron chi connectivity index (χ2n) is 6.90. The maximum absolute atomic E-state index is 12.5. The molecule has 0 heterocycles. The van der Waals surface area contributed by atoms with Gasteiger partial charge in [0.25, 0.3) is 0 Å². The number of carbonyl (C=O) groups excluding carboxylic acids is 2. The van der Waals surface area contributed by atoms with Crippen LogP contribution in [0.25, 0.3) is 12.2 Å². The van der Waals surface area contributed by atoms with E-state index in [0.717, 1.165) is 11.1 Å². The first-order valence-electron chi connectivity index (χ1n) is 10.2. The Balaban J connectivity index is 1.69. The van der Waals surface area contributed by atoms with Crippen molar-refractivity contribution in [3.63, 3.8) is 0 Å². The maximum atomic E-state index is 12.5. The molecule has 0 fully saturated rings. The first kappa shape index (κ1) is 22.6. The van der Waals surface area contributed by atoms with Gasteiger partial charge in [0.05, 0.1) is 13.7 Å². The summed E-state index contributed by atoms with van der Waals surface area (Å²) in [6.07, 6.45) is 5.51. The highest BCUT2D eigenvalue weighted by Gasteiger charge is 2.20. The van der Waals surface area contributed by atoms with Crippen LogP contribution in [-0.2, 0) is 14.3 Å². The molecule has 1 atom stereocenters. The molecule has 0 unspecified atom stereocenters. The van der Waals surface area contributed by atoms with Gasteiger partial charge < -0.3 is 14.8 Å². The Labute approximate surface area is 188 Å². The van der Waals surface area contributed by atoms with Crippen molar-refractivity contribution in [2.75, 3.05) is 13.7 Å². The molecule has 0 aliphatic rings. The monoisotopic (exact) mass is 427 g/mol. The van der Waals surface area contributed by atoms with Gasteiger partial charge in [-0.2, -0.15) is 0 Å². The van der Waals surface area contributed by atoms with E-state index in [-0.39, 0.29) is 12.5 Å². The average molecular weight is 428 g/mol. The minimum absolute atomic E-state index is 0.100. The minimum Gasteiger partial charge on any atom is -0.496 e. The van der Waals surface area contributed by atoms with E-state index in [0.29, 0.717) is 11.3 Å². The molecule has 3 aromatic rings. The van der Waals surface area contributed by atoms with E-state index in [1.807, 2.05) is 78.9 Å². The molecule has 0 aromatic heterocycles. The summed E-state index contributed by atoms with van der Waals surface area (Å²) in [5.74, 6) is -0.227. The fraction of sp³-hybridized carbons (Fsp3) is 0.111. The van der Waals surface area contributed by atoms with E-state index >= 15 is 0 Å². The van der Waals surface area contributed by atoms with Crippen molar-refractivity contribution in [3.05, 3.63) is 114 Å². The van der Waals surface area contributed by atoms with Crippen LogP contribution < -0.4 is 10.1 Å². The number of hydrogen-bond acceptors (Lipinski definition) is 4. The number of ether oxygens (including phenoxy) is 2. The van der Waals surface area contributed by atoms with Crippen LogP contribution in [0.2, 0.25) is 0 Å². The molecular weight excluding hydrogens is 402 g/mol. The fourth-order valence-electron chi connectivity index (χ4n) is 3.04. The third-order valence-corrected chi connectivity index (χ3v) is 4.64. The Kier molecular flexibility index (Phi) is 8.40. The topological polar surface area (TPSA) is 64.6 Å². The first-order chi connectivity index (χ1) is 15.7. The Hall–Kier alpha value is -4.12. The maximum Gasteiger partial charge on any atom is 0.331 e. The Morgan fingerprint density at radius 3 is 2.00 bits per heavy atom. The Morgan fingerprint density at radius 2 is 1.38 bits per heavy atom. The van der Waals surface area contributed by atoms with Gasteiger partial charge in [-0.3, -0.25) is 4.79 Å². The van der Waals surface area contributed by atoms with Crippen molar-refractivity contribution >= 4 is 24.0 Å². The third kappa shape index (κ3) is 6.99. The van der Waals surface area contributed by atoms with Crippen molar-refractivity contribution in [2.45, 2.75) is 6.10 Å². The van der Waals surface area contributed by atoms with Crippen molar-refractivity contribution in [1.29, 1.82) is 0 Å². The number of rotatable bonds is 9. The zero-order chi connectivity index (χ0) is 22.6. The largest absolute Gasteiger partial charge is 0.496 e. The zero-order valence-corrected chi connectivity index (χ0v) is 17.8. The normalized spacial score (nSPS) is 11.9. The number of carbonyl (C=O) groups is 2. The van der Waals surface area contributed by atoms with Crippen LogP contribution in [0.3, 0.4) is 0 Å². The van der Waals surface area contributed by atoms with E-state index in [1.165, 1.54) is 12.2 Å². The highest BCUT2D eigenvalue weighted by atomic mass is 16.5. The number of hydrogen-bond donors (Lipinski definition) is 1. The molecule has 5 nitrogen and oxygen atoms in total. The van der Waals surface area contributed by atoms with Gasteiger partial charge in [0.2, 0.25) is 5.91 Å². The number of esters is 1. The van der Waals surface area contributed by atoms with Gasteiger partial charge in [-0.1, -0.05) is 78.9 Å². The van der Waals surface area contributed by atoms with Gasteiger partial charge in [-0.15, -0.1) is 0 Å². The van der Waals surface area contributed by atoms with E-state index < -0.39 is 12.1 Å². The summed E-state index contributed by atoms with van der Waals surface area (Å²) in [7, 11) is 1.55. The molecule has 0 radical (unpaired) electrons. The minimum atomic E-state index is -0.715. The van der Waals surface area contributed by atoms with Crippen LogP contribution in [0.5, 0.6) is 5.75 Å². The van der Waals surface area contributed by atoms with Gasteiger partial charge in [0, 0.05) is 17.7 Å². The molecule has 0 spiro atoms. The number of para-hydroxylation sites is 1. The molecular formula is C27H25NO4. The van der Waals surface area contributed by atoms with Crippen LogP contribution in [0, 0.1) is 0 Å². The lowest BCUT2D eigenvalue weighted by Gasteiger charge is -2.20. The lowest BCUT2D eigenvalue weighted by Crippen LogP contribution is -2.29. The molecule has 0 saturated carbocycles. The third-order valence-electron chi connectivity index (χ3n) is 4.64. The smallest absolute Gasteiger partial charge is 0.331 e. The summed E-state index contributed by atoms with van der Waals surface area (Å²) in [5.41, 5.74) is 2.47. The highest BCUT2D eigenvalue weighted by molar-refractivity contribution is 5.91. The second kappa shape index (κ2) is 11.9. The van der Waals surface area contributed by atoms with Crippen molar-refractivity contribution in [2.24, 2.45) is 0 Å². The van der Waals surface area contributed by atoms with Crippen LogP contribution in [0.4, 0.5) is 0 Å². The number of methoxy groups -OCH3 is 1. The molecule has 5 heteroatoms. The molecule has 3 aromatic carbocycles. The van der Waals surface area contributed by atoms with E-state index in [2.05, 4.69) is 5.32 Å². The van der Waals surface area contributed by atoms with Crippen LogP contribution >= 0.6 is 0 Å². The van der Waals surface area contributed by atoms with Crippen molar-refractivity contribution < 1.29 is 19.1 Å². The number of nitrogens with one attached hydrogen (secondary N) is 1. The molecule has 0 aliphatic carbocycles. The van der Waals surface area contributed by atoms with Crippen LogP contribution in [0.15, 0.2) is 97.1 Å². The molecule has 1 N–H and O–H groups in total. The van der Waals surface area contributed by atoms with Gasteiger partial charge in [-0.05, 0) is 29.3 Å². The molecule has 1 amide bonds. The first-order valence-corrected chi connectivity index (χ1v) is 10.2. The highest BCUT2D eigenvalue weighted by Crippen LogP contribution is 2.27. The summed E-state index contributed by atoms with van der Waals surface area (Å²) < 4.78 is 11.1. The Morgan fingerprint density at radius 1 is 0.812 bits per heavy atom. The summed E-state index contributed by atoms with van der Waals surface area (Å²) >= 11 is 0.